The van der Waals surface area contributed by atoms with Crippen LogP contribution in [0.4, 0.5) is 11.4 Å². The highest BCUT2D eigenvalue weighted by atomic mass is 79.9. The van der Waals surface area contributed by atoms with Gasteiger partial charge in [-0.2, -0.15) is 0 Å². The number of hydrogen-bond acceptors (Lipinski definition) is 6. The van der Waals surface area contributed by atoms with Crippen LogP contribution in [0.1, 0.15) is 0 Å². The maximum Gasteiger partial charge on any atom is 0.289 e. The van der Waals surface area contributed by atoms with Crippen LogP contribution in [0.15, 0.2) is 57.9 Å². The number of nitrogens with zero attached hydrogens (tertiary/aromatic N) is 2. The molecular formula is C14H13BrN4O5S. The van der Waals surface area contributed by atoms with Gasteiger partial charge in [-0.05, 0) is 30.3 Å². The van der Waals surface area contributed by atoms with Gasteiger partial charge in [-0.3, -0.25) is 24.6 Å². The molecule has 0 unspecified atom stereocenters. The molecule has 25 heavy (non-hydrogen) atoms. The Balaban J connectivity index is 2.61. The highest BCUT2D eigenvalue weighted by molar-refractivity contribution is 9.10. The second-order valence-corrected chi connectivity index (χ2v) is 7.53. The molecule has 0 aliphatic rings. The van der Waals surface area contributed by atoms with Crippen LogP contribution in [0.5, 0.6) is 0 Å². The Bertz CT molecular complexity index is 902. The molecule has 0 aliphatic carbocycles. The quantitative estimate of drug-likeness (QED) is 0.310. The maximum absolute atomic E-state index is 13.0. The first kappa shape index (κ1) is 18.8. The molecule has 2 aromatic carbocycles. The van der Waals surface area contributed by atoms with Crippen molar-refractivity contribution in [1.82, 2.24) is 5.43 Å². The molecule has 0 saturated carbocycles. The number of benzene rings is 2. The van der Waals surface area contributed by atoms with Gasteiger partial charge in [0.05, 0.1) is 10.6 Å². The van der Waals surface area contributed by atoms with Crippen LogP contribution >= 0.6 is 15.9 Å². The van der Waals surface area contributed by atoms with Crippen molar-refractivity contribution in [3.8, 4) is 0 Å². The Morgan fingerprint density at radius 1 is 1.20 bits per heavy atom. The molecule has 0 heterocycles. The summed E-state index contributed by atoms with van der Waals surface area (Å²) in [5, 5.41) is 11.2. The van der Waals surface area contributed by atoms with Crippen molar-refractivity contribution in [2.24, 2.45) is 5.84 Å². The normalized spacial score (nSPS) is 11.0. The lowest BCUT2D eigenvalue weighted by Crippen LogP contribution is -2.43. The van der Waals surface area contributed by atoms with Crippen molar-refractivity contribution in [3.05, 3.63) is 63.1 Å². The molecule has 0 atom stereocenters. The topological polar surface area (TPSA) is 136 Å². The average Bonchev–Trinajstić information content (AvgIpc) is 2.60. The first-order valence-corrected chi connectivity index (χ1v) is 9.02. The number of rotatable bonds is 6. The van der Waals surface area contributed by atoms with Gasteiger partial charge >= 0.3 is 0 Å². The third-order valence-electron chi connectivity index (χ3n) is 3.19. The van der Waals surface area contributed by atoms with Crippen LogP contribution in [-0.2, 0) is 14.8 Å². The first-order chi connectivity index (χ1) is 11.8. The number of nitrogens with two attached hydrogens (primary N) is 1. The van der Waals surface area contributed by atoms with E-state index in [1.165, 1.54) is 24.3 Å². The Morgan fingerprint density at radius 3 is 2.36 bits per heavy atom. The van der Waals surface area contributed by atoms with Crippen molar-refractivity contribution >= 4 is 43.2 Å². The number of sulfonamides is 1. The Hall–Kier alpha value is -2.50. The molecule has 3 N–H and O–H groups in total. The zero-order valence-corrected chi connectivity index (χ0v) is 15.0. The second kappa shape index (κ2) is 7.59. The Labute approximate surface area is 151 Å². The summed E-state index contributed by atoms with van der Waals surface area (Å²) in [6.45, 7) is -0.632. The Kier molecular flexibility index (Phi) is 5.72. The Morgan fingerprint density at radius 2 is 1.80 bits per heavy atom. The molecule has 2 rings (SSSR count). The molecule has 0 aromatic heterocycles. The number of hydrazine groups is 1. The van der Waals surface area contributed by atoms with Gasteiger partial charge in [-0.15, -0.1) is 0 Å². The van der Waals surface area contributed by atoms with E-state index in [1.54, 1.807) is 12.1 Å². The lowest BCUT2D eigenvalue weighted by Gasteiger charge is -2.23. The van der Waals surface area contributed by atoms with E-state index in [1.807, 2.05) is 5.43 Å². The van der Waals surface area contributed by atoms with Crippen molar-refractivity contribution in [2.75, 3.05) is 10.8 Å². The molecule has 2 aromatic rings. The van der Waals surface area contributed by atoms with E-state index in [-0.39, 0.29) is 5.69 Å². The number of hydrogen-bond donors (Lipinski definition) is 2. The van der Waals surface area contributed by atoms with Gasteiger partial charge in [0.25, 0.3) is 21.6 Å². The van der Waals surface area contributed by atoms with Crippen LogP contribution in [0.2, 0.25) is 0 Å². The molecular weight excluding hydrogens is 416 g/mol. The van der Waals surface area contributed by atoms with Crippen LogP contribution in [0, 0.1) is 10.1 Å². The van der Waals surface area contributed by atoms with Crippen LogP contribution in [-0.4, -0.2) is 25.8 Å². The van der Waals surface area contributed by atoms with Gasteiger partial charge in [-0.25, -0.2) is 14.3 Å². The average molecular weight is 429 g/mol. The summed E-state index contributed by atoms with van der Waals surface area (Å²) in [5.74, 6) is 4.27. The number of nitrogens with one attached hydrogen (secondary N) is 1. The molecule has 0 radical (unpaired) electrons. The zero-order chi connectivity index (χ0) is 18.6. The van der Waals surface area contributed by atoms with E-state index >= 15 is 0 Å². The summed E-state index contributed by atoms with van der Waals surface area (Å²) >= 11 is 3.23. The summed E-state index contributed by atoms with van der Waals surface area (Å²) in [6.07, 6.45) is 0. The highest BCUT2D eigenvalue weighted by Crippen LogP contribution is 2.30. The minimum Gasteiger partial charge on any atom is -0.293 e. The van der Waals surface area contributed by atoms with E-state index in [9.17, 15) is 23.3 Å². The minimum atomic E-state index is -4.39. The summed E-state index contributed by atoms with van der Waals surface area (Å²) in [4.78, 5) is 21.5. The van der Waals surface area contributed by atoms with E-state index in [4.69, 9.17) is 5.84 Å². The standard InChI is InChI=1S/C14H13BrN4O5S/c15-10-5-7-11(8-6-10)18(9-14(20)17-16)25(23,24)13-4-2-1-3-12(13)19(21)22/h1-8H,9,16H2,(H,17,20). The smallest absolute Gasteiger partial charge is 0.289 e. The first-order valence-electron chi connectivity index (χ1n) is 6.78. The molecule has 11 heteroatoms. The predicted molar refractivity (Wildman–Crippen MR) is 94.1 cm³/mol. The maximum atomic E-state index is 13.0. The number of nitro benzene ring substituents is 1. The molecule has 0 bridgehead atoms. The largest absolute Gasteiger partial charge is 0.293 e. The number of amides is 1. The fourth-order valence-corrected chi connectivity index (χ4v) is 3.89. The van der Waals surface area contributed by atoms with Gasteiger partial charge in [0, 0.05) is 10.5 Å². The number of para-hydroxylation sites is 1. The third-order valence-corrected chi connectivity index (χ3v) is 5.54. The van der Waals surface area contributed by atoms with Crippen molar-refractivity contribution < 1.29 is 18.1 Å². The van der Waals surface area contributed by atoms with E-state index in [0.29, 0.717) is 4.47 Å². The van der Waals surface area contributed by atoms with E-state index in [0.717, 1.165) is 16.4 Å². The minimum absolute atomic E-state index is 0.157. The zero-order valence-electron chi connectivity index (χ0n) is 12.6. The van der Waals surface area contributed by atoms with E-state index in [2.05, 4.69) is 15.9 Å². The fourth-order valence-electron chi connectivity index (χ4n) is 2.04. The summed E-state index contributed by atoms with van der Waals surface area (Å²) < 4.78 is 27.4. The number of carbonyl (C=O) groups excluding carboxylic acids is 1. The predicted octanol–water partition coefficient (Wildman–Crippen LogP) is 1.54. The van der Waals surface area contributed by atoms with Crippen molar-refractivity contribution in [2.45, 2.75) is 4.90 Å². The van der Waals surface area contributed by atoms with Crippen LogP contribution < -0.4 is 15.6 Å². The number of anilines is 1. The number of nitro groups is 1. The van der Waals surface area contributed by atoms with Crippen molar-refractivity contribution in [1.29, 1.82) is 0 Å². The summed E-state index contributed by atoms with van der Waals surface area (Å²) in [7, 11) is -4.39. The molecule has 9 nitrogen and oxygen atoms in total. The third kappa shape index (κ3) is 4.13. The van der Waals surface area contributed by atoms with Gasteiger partial charge in [0.1, 0.15) is 6.54 Å². The molecule has 0 aliphatic heterocycles. The molecule has 1 amide bonds. The van der Waals surface area contributed by atoms with Crippen LogP contribution in [0.3, 0.4) is 0 Å². The molecule has 0 spiro atoms. The van der Waals surface area contributed by atoms with Gasteiger partial charge in [0.2, 0.25) is 0 Å². The number of halogens is 1. The van der Waals surface area contributed by atoms with E-state index < -0.39 is 38.0 Å². The molecule has 0 saturated heterocycles. The summed E-state index contributed by atoms with van der Waals surface area (Å²) in [6, 6.07) is 11.0. The highest BCUT2D eigenvalue weighted by Gasteiger charge is 2.32. The van der Waals surface area contributed by atoms with Gasteiger partial charge in [-0.1, -0.05) is 28.1 Å². The van der Waals surface area contributed by atoms with Crippen LogP contribution in [0.25, 0.3) is 0 Å². The lowest BCUT2D eigenvalue weighted by molar-refractivity contribution is -0.387. The monoisotopic (exact) mass is 428 g/mol. The van der Waals surface area contributed by atoms with Gasteiger partial charge in [0.15, 0.2) is 4.90 Å². The number of carbonyl (C=O) groups is 1. The van der Waals surface area contributed by atoms with Gasteiger partial charge < -0.3 is 0 Å². The fraction of sp³-hybridized carbons (Fsp3) is 0.0714. The lowest BCUT2D eigenvalue weighted by atomic mass is 10.3. The molecule has 0 fully saturated rings. The summed E-state index contributed by atoms with van der Waals surface area (Å²) in [5.41, 5.74) is 1.42. The SMILES string of the molecule is NNC(=O)CN(c1ccc(Br)cc1)S(=O)(=O)c1ccccc1[N+](=O)[O-]. The molecule has 132 valence electrons. The second-order valence-electron chi connectivity index (χ2n) is 4.78. The van der Waals surface area contributed by atoms with Crippen molar-refractivity contribution in [3.63, 3.8) is 0 Å².